The highest BCUT2D eigenvalue weighted by Crippen LogP contribution is 2.32. The number of likely N-dealkylation sites (tertiary alicyclic amines) is 1. The summed E-state index contributed by atoms with van der Waals surface area (Å²) in [5.74, 6) is -3.83. The summed E-state index contributed by atoms with van der Waals surface area (Å²) in [6.07, 6.45) is -0.947. The molecule has 1 aliphatic rings. The molecule has 0 unspecified atom stereocenters. The first-order chi connectivity index (χ1) is 7.40. The van der Waals surface area contributed by atoms with Crippen molar-refractivity contribution < 1.29 is 29.0 Å². The third kappa shape index (κ3) is 2.07. The molecule has 1 fully saturated rings. The molecule has 0 aromatic heterocycles. The number of ether oxygens (including phenoxy) is 1. The van der Waals surface area contributed by atoms with Gasteiger partial charge in [-0.3, -0.25) is 19.3 Å². The van der Waals surface area contributed by atoms with E-state index < -0.39 is 29.3 Å². The van der Waals surface area contributed by atoms with Crippen molar-refractivity contribution in [2.75, 3.05) is 7.11 Å². The lowest BCUT2D eigenvalue weighted by Gasteiger charge is -2.42. The fraction of sp³-hybridized carbons (Fsp3) is 0.500. The molecular formula is C8H9NO6S. The molecular weight excluding hydrogens is 238 g/mol. The van der Waals surface area contributed by atoms with Crippen molar-refractivity contribution in [2.45, 2.75) is 18.4 Å². The summed E-state index contributed by atoms with van der Waals surface area (Å²) < 4.78 is 4.76. The van der Waals surface area contributed by atoms with Gasteiger partial charge >= 0.3 is 11.9 Å². The van der Waals surface area contributed by atoms with E-state index in [0.29, 0.717) is 16.7 Å². The fourth-order valence-electron chi connectivity index (χ4n) is 1.26. The average molecular weight is 247 g/mol. The molecule has 1 aliphatic heterocycles. The molecule has 0 radical (unpaired) electrons. The first kappa shape index (κ1) is 12.7. The molecule has 2 amide bonds. The zero-order valence-corrected chi connectivity index (χ0v) is 9.32. The van der Waals surface area contributed by atoms with Gasteiger partial charge in [0.15, 0.2) is 11.2 Å². The molecule has 0 bridgehead atoms. The molecule has 1 N–H and O–H groups in total. The normalized spacial score (nSPS) is 23.9. The Morgan fingerprint density at radius 1 is 1.44 bits per heavy atom. The minimum absolute atomic E-state index is 0.331. The third-order valence-corrected chi connectivity index (χ3v) is 2.97. The molecule has 2 atom stereocenters. The maximum atomic E-state index is 11.3. The summed E-state index contributed by atoms with van der Waals surface area (Å²) in [6.45, 7) is 1.25. The van der Waals surface area contributed by atoms with Crippen LogP contribution in [-0.2, 0) is 23.9 Å². The summed E-state index contributed by atoms with van der Waals surface area (Å²) >= 11 is 0.689. The van der Waals surface area contributed by atoms with Gasteiger partial charge in [0.1, 0.15) is 5.37 Å². The number of hydrogen-bond donors (Lipinski definition) is 1. The second-order valence-electron chi connectivity index (χ2n) is 2.97. The number of amides is 2. The van der Waals surface area contributed by atoms with Crippen molar-refractivity contribution in [1.82, 2.24) is 4.90 Å². The molecule has 8 heteroatoms. The number of hydrogen-bond acceptors (Lipinski definition) is 6. The lowest BCUT2D eigenvalue weighted by molar-refractivity contribution is -0.176. The van der Waals surface area contributed by atoms with Gasteiger partial charge in [0.05, 0.1) is 0 Å². The van der Waals surface area contributed by atoms with Crippen LogP contribution in [0.25, 0.3) is 0 Å². The zero-order chi connectivity index (χ0) is 12.5. The predicted molar refractivity (Wildman–Crippen MR) is 52.3 cm³/mol. The Kier molecular flexibility index (Phi) is 3.66. The minimum Gasteiger partial charge on any atom is -0.474 e. The van der Waals surface area contributed by atoms with E-state index in [0.717, 1.165) is 0 Å². The van der Waals surface area contributed by atoms with Crippen molar-refractivity contribution in [3.63, 3.8) is 0 Å². The Hall–Kier alpha value is -1.41. The van der Waals surface area contributed by atoms with Crippen LogP contribution in [-0.4, -0.2) is 51.5 Å². The highest BCUT2D eigenvalue weighted by Gasteiger charge is 2.53. The SMILES string of the molecule is CO[C@H]1C(=O)N(C(=O)C(=O)O)[C@@H]1SC(C)=O. The predicted octanol–water partition coefficient (Wildman–Crippen LogP) is -0.939. The van der Waals surface area contributed by atoms with Gasteiger partial charge in [0.25, 0.3) is 5.91 Å². The van der Waals surface area contributed by atoms with Crippen LogP contribution in [0, 0.1) is 0 Å². The van der Waals surface area contributed by atoms with Crippen molar-refractivity contribution in [2.24, 2.45) is 0 Å². The number of carbonyl (C=O) groups is 4. The third-order valence-electron chi connectivity index (χ3n) is 1.94. The number of rotatable bonds is 2. The van der Waals surface area contributed by atoms with Crippen LogP contribution in [0.15, 0.2) is 0 Å². The molecule has 0 aromatic rings. The molecule has 0 saturated carbocycles. The quantitative estimate of drug-likeness (QED) is 0.496. The van der Waals surface area contributed by atoms with Gasteiger partial charge in [0.2, 0.25) is 0 Å². The first-order valence-corrected chi connectivity index (χ1v) is 5.08. The van der Waals surface area contributed by atoms with Crippen LogP contribution in [0.2, 0.25) is 0 Å². The Bertz CT molecular complexity index is 368. The number of nitrogens with zero attached hydrogens (tertiary/aromatic N) is 1. The standard InChI is InChI=1S/C8H9NO6S/c1-3(10)16-7-4(15-2)5(11)9(7)6(12)8(13)14/h4,7H,1-2H3,(H,13,14)/t4-,7+/m0/s1. The van der Waals surface area contributed by atoms with E-state index in [1.165, 1.54) is 14.0 Å². The first-order valence-electron chi connectivity index (χ1n) is 4.20. The number of carboxylic acids is 1. The Balaban J connectivity index is 2.83. The van der Waals surface area contributed by atoms with Crippen LogP contribution in [0.1, 0.15) is 6.92 Å². The summed E-state index contributed by atoms with van der Waals surface area (Å²) in [5, 5.41) is 7.25. The number of carboxylic acid groups (broad SMARTS) is 1. The van der Waals surface area contributed by atoms with Crippen LogP contribution < -0.4 is 0 Å². The minimum atomic E-state index is -1.74. The molecule has 0 aliphatic carbocycles. The second kappa shape index (κ2) is 4.62. The van der Waals surface area contributed by atoms with Gasteiger partial charge in [-0.05, 0) is 0 Å². The number of aliphatic carboxylic acids is 1. The molecule has 7 nitrogen and oxygen atoms in total. The van der Waals surface area contributed by atoms with Gasteiger partial charge < -0.3 is 9.84 Å². The maximum Gasteiger partial charge on any atom is 0.395 e. The number of imide groups is 1. The lowest BCUT2D eigenvalue weighted by Crippen LogP contribution is -2.67. The van der Waals surface area contributed by atoms with Crippen molar-refractivity contribution in [3.8, 4) is 0 Å². The van der Waals surface area contributed by atoms with E-state index in [4.69, 9.17) is 9.84 Å². The van der Waals surface area contributed by atoms with E-state index in [1.807, 2.05) is 0 Å². The summed E-state index contributed by atoms with van der Waals surface area (Å²) in [7, 11) is 1.25. The van der Waals surface area contributed by atoms with Gasteiger partial charge in [-0.25, -0.2) is 4.79 Å². The monoisotopic (exact) mass is 247 g/mol. The van der Waals surface area contributed by atoms with E-state index in [9.17, 15) is 19.2 Å². The van der Waals surface area contributed by atoms with Gasteiger partial charge in [-0.15, -0.1) is 0 Å². The second-order valence-corrected chi connectivity index (χ2v) is 4.27. The van der Waals surface area contributed by atoms with E-state index in [-0.39, 0.29) is 5.12 Å². The highest BCUT2D eigenvalue weighted by molar-refractivity contribution is 8.14. The Morgan fingerprint density at radius 3 is 2.38 bits per heavy atom. The van der Waals surface area contributed by atoms with E-state index >= 15 is 0 Å². The molecule has 1 heterocycles. The fourth-order valence-corrected chi connectivity index (χ4v) is 2.25. The largest absolute Gasteiger partial charge is 0.474 e. The maximum absolute atomic E-state index is 11.3. The number of methoxy groups -OCH3 is 1. The Morgan fingerprint density at radius 2 is 2.00 bits per heavy atom. The van der Waals surface area contributed by atoms with Crippen LogP contribution in [0.5, 0.6) is 0 Å². The number of β-lactam (4-membered cyclic amide) rings is 1. The van der Waals surface area contributed by atoms with Gasteiger partial charge in [0, 0.05) is 14.0 Å². The molecule has 0 spiro atoms. The lowest BCUT2D eigenvalue weighted by atomic mass is 10.1. The summed E-state index contributed by atoms with van der Waals surface area (Å²) in [4.78, 5) is 44.2. The van der Waals surface area contributed by atoms with Crippen molar-refractivity contribution in [1.29, 1.82) is 0 Å². The number of carbonyl (C=O) groups excluding carboxylic acids is 3. The Labute approximate surface area is 94.7 Å². The van der Waals surface area contributed by atoms with Gasteiger partial charge in [-0.1, -0.05) is 11.8 Å². The smallest absolute Gasteiger partial charge is 0.395 e. The topological polar surface area (TPSA) is 101 Å². The molecule has 16 heavy (non-hydrogen) atoms. The van der Waals surface area contributed by atoms with Crippen molar-refractivity contribution in [3.05, 3.63) is 0 Å². The molecule has 0 aromatic carbocycles. The highest BCUT2D eigenvalue weighted by atomic mass is 32.2. The molecule has 88 valence electrons. The summed E-state index contributed by atoms with van der Waals surface area (Å²) in [5.41, 5.74) is 0. The van der Waals surface area contributed by atoms with E-state index in [1.54, 1.807) is 0 Å². The van der Waals surface area contributed by atoms with Crippen LogP contribution >= 0.6 is 11.8 Å². The van der Waals surface area contributed by atoms with Crippen molar-refractivity contribution >= 4 is 34.7 Å². The average Bonchev–Trinajstić information content (AvgIpc) is 2.17. The molecule has 1 saturated heterocycles. The van der Waals surface area contributed by atoms with Crippen LogP contribution in [0.3, 0.4) is 0 Å². The number of thioether (sulfide) groups is 1. The van der Waals surface area contributed by atoms with Gasteiger partial charge in [-0.2, -0.15) is 0 Å². The zero-order valence-electron chi connectivity index (χ0n) is 8.50. The molecule has 1 rings (SSSR count). The summed E-state index contributed by atoms with van der Waals surface area (Å²) in [6, 6.07) is 0. The van der Waals surface area contributed by atoms with Crippen LogP contribution in [0.4, 0.5) is 0 Å². The van der Waals surface area contributed by atoms with E-state index in [2.05, 4.69) is 0 Å².